The third-order valence-corrected chi connectivity index (χ3v) is 3.47. The molecule has 0 aliphatic heterocycles. The third kappa shape index (κ3) is 5.06. The number of aliphatic hydroxyl groups excluding tert-OH is 1. The third-order valence-electron chi connectivity index (χ3n) is 2.34. The summed E-state index contributed by atoms with van der Waals surface area (Å²) in [6.45, 7) is 5.68. The highest BCUT2D eigenvalue weighted by atomic mass is 32.2. The molecule has 0 amide bonds. The molecule has 1 unspecified atom stereocenters. The Morgan fingerprint density at radius 2 is 2.24 bits per heavy atom. The number of hydrogen-bond acceptors (Lipinski definition) is 3. The van der Waals surface area contributed by atoms with Crippen molar-refractivity contribution in [1.82, 2.24) is 5.32 Å². The van der Waals surface area contributed by atoms with E-state index in [1.54, 1.807) is 12.1 Å². The molecule has 0 aliphatic carbocycles. The second-order valence-electron chi connectivity index (χ2n) is 4.05. The van der Waals surface area contributed by atoms with Gasteiger partial charge in [0.15, 0.2) is 0 Å². The van der Waals surface area contributed by atoms with Crippen LogP contribution < -0.4 is 5.32 Å². The van der Waals surface area contributed by atoms with E-state index in [0.29, 0.717) is 11.4 Å². The number of thioether (sulfide) groups is 1. The highest BCUT2D eigenvalue weighted by molar-refractivity contribution is 8.00. The van der Waals surface area contributed by atoms with E-state index in [0.717, 1.165) is 18.5 Å². The molecule has 1 aromatic carbocycles. The van der Waals surface area contributed by atoms with Crippen molar-refractivity contribution in [3.05, 3.63) is 29.6 Å². The summed E-state index contributed by atoms with van der Waals surface area (Å²) in [6.07, 6.45) is 1.07. The van der Waals surface area contributed by atoms with E-state index in [9.17, 15) is 4.39 Å². The van der Waals surface area contributed by atoms with Gasteiger partial charge in [-0.25, -0.2) is 4.39 Å². The van der Waals surface area contributed by atoms with Crippen molar-refractivity contribution < 1.29 is 9.50 Å². The fraction of sp³-hybridized carbons (Fsp3) is 0.538. The van der Waals surface area contributed by atoms with Gasteiger partial charge in [-0.15, -0.1) is 11.8 Å². The minimum absolute atomic E-state index is 0.0218. The Morgan fingerprint density at radius 1 is 1.47 bits per heavy atom. The number of aliphatic hydroxyl groups is 1. The molecule has 1 aromatic rings. The van der Waals surface area contributed by atoms with Gasteiger partial charge in [0.05, 0.1) is 6.61 Å². The summed E-state index contributed by atoms with van der Waals surface area (Å²) in [5.41, 5.74) is 0.956. The summed E-state index contributed by atoms with van der Waals surface area (Å²) in [5.74, 6) is -0.203. The van der Waals surface area contributed by atoms with Gasteiger partial charge < -0.3 is 10.4 Å². The fourth-order valence-corrected chi connectivity index (χ4v) is 2.24. The van der Waals surface area contributed by atoms with Crippen molar-refractivity contribution in [2.24, 2.45) is 0 Å². The Morgan fingerprint density at radius 3 is 2.82 bits per heavy atom. The Labute approximate surface area is 107 Å². The largest absolute Gasteiger partial charge is 0.395 e. The zero-order valence-electron chi connectivity index (χ0n) is 10.4. The average molecular weight is 257 g/mol. The van der Waals surface area contributed by atoms with Crippen molar-refractivity contribution >= 4 is 11.8 Å². The Kier molecular flexibility index (Phi) is 6.55. The molecule has 0 heterocycles. The molecule has 0 bridgehead atoms. The van der Waals surface area contributed by atoms with Crippen LogP contribution in [0.2, 0.25) is 0 Å². The molecule has 96 valence electrons. The zero-order chi connectivity index (χ0) is 12.7. The van der Waals surface area contributed by atoms with Crippen LogP contribution in [0.4, 0.5) is 4.39 Å². The van der Waals surface area contributed by atoms with Gasteiger partial charge in [0.25, 0.3) is 0 Å². The molecular formula is C13H20FNOS. The molecule has 0 saturated carbocycles. The lowest BCUT2D eigenvalue weighted by atomic mass is 10.2. The van der Waals surface area contributed by atoms with Crippen LogP contribution in [0.15, 0.2) is 23.1 Å². The number of rotatable bonds is 7. The normalized spacial score (nSPS) is 12.7. The van der Waals surface area contributed by atoms with Crippen LogP contribution in [0.25, 0.3) is 0 Å². The van der Waals surface area contributed by atoms with Crippen molar-refractivity contribution in [3.63, 3.8) is 0 Å². The summed E-state index contributed by atoms with van der Waals surface area (Å²) >= 11 is 1.36. The zero-order valence-corrected chi connectivity index (χ0v) is 11.2. The fourth-order valence-electron chi connectivity index (χ4n) is 1.41. The Balaban J connectivity index is 2.59. The van der Waals surface area contributed by atoms with Crippen molar-refractivity contribution in [2.75, 3.05) is 13.2 Å². The molecule has 2 N–H and O–H groups in total. The molecule has 0 aliphatic rings. The van der Waals surface area contributed by atoms with Gasteiger partial charge in [0.2, 0.25) is 0 Å². The number of nitrogens with one attached hydrogen (secondary N) is 1. The first-order valence-electron chi connectivity index (χ1n) is 5.94. The van der Waals surface area contributed by atoms with Crippen molar-refractivity contribution in [1.29, 1.82) is 0 Å². The molecule has 0 saturated heterocycles. The van der Waals surface area contributed by atoms with Crippen LogP contribution in [0, 0.1) is 5.82 Å². The van der Waals surface area contributed by atoms with Gasteiger partial charge >= 0.3 is 0 Å². The van der Waals surface area contributed by atoms with E-state index in [-0.39, 0.29) is 17.7 Å². The van der Waals surface area contributed by atoms with E-state index in [1.165, 1.54) is 11.8 Å². The first-order valence-corrected chi connectivity index (χ1v) is 6.82. The van der Waals surface area contributed by atoms with E-state index in [1.807, 2.05) is 13.0 Å². The molecule has 1 atom stereocenters. The maximum absolute atomic E-state index is 13.7. The topological polar surface area (TPSA) is 32.3 Å². The van der Waals surface area contributed by atoms with Gasteiger partial charge in [0.1, 0.15) is 5.82 Å². The summed E-state index contributed by atoms with van der Waals surface area (Å²) in [4.78, 5) is 0.603. The molecule has 2 nitrogen and oxygen atoms in total. The minimum atomic E-state index is -0.203. The van der Waals surface area contributed by atoms with E-state index in [2.05, 4.69) is 12.2 Å². The summed E-state index contributed by atoms with van der Waals surface area (Å²) in [7, 11) is 0. The smallest absolute Gasteiger partial charge is 0.137 e. The minimum Gasteiger partial charge on any atom is -0.395 e. The predicted molar refractivity (Wildman–Crippen MR) is 70.8 cm³/mol. The maximum atomic E-state index is 13.7. The molecule has 0 fully saturated rings. The lowest BCUT2D eigenvalue weighted by Crippen LogP contribution is -2.13. The molecular weight excluding hydrogens is 237 g/mol. The molecule has 4 heteroatoms. The Bertz CT molecular complexity index is 346. The van der Waals surface area contributed by atoms with E-state index in [4.69, 9.17) is 5.11 Å². The maximum Gasteiger partial charge on any atom is 0.137 e. The first-order chi connectivity index (χ1) is 8.17. The average Bonchev–Trinajstić information content (AvgIpc) is 2.32. The number of hydrogen-bond donors (Lipinski definition) is 2. The number of benzene rings is 1. The Hall–Kier alpha value is -0.580. The van der Waals surface area contributed by atoms with Crippen LogP contribution >= 0.6 is 11.8 Å². The molecule has 1 rings (SSSR count). The van der Waals surface area contributed by atoms with Gasteiger partial charge in [-0.3, -0.25) is 0 Å². The lowest BCUT2D eigenvalue weighted by Gasteiger charge is -2.10. The monoisotopic (exact) mass is 257 g/mol. The molecule has 17 heavy (non-hydrogen) atoms. The summed E-state index contributed by atoms with van der Waals surface area (Å²) in [6, 6.07) is 5.28. The first kappa shape index (κ1) is 14.5. The highest BCUT2D eigenvalue weighted by Crippen LogP contribution is 2.26. The SMILES string of the molecule is CCCNCc1ccc(SC(C)CO)c(F)c1. The van der Waals surface area contributed by atoms with Gasteiger partial charge in [0, 0.05) is 16.7 Å². The lowest BCUT2D eigenvalue weighted by molar-refractivity contribution is 0.300. The van der Waals surface area contributed by atoms with Crippen LogP contribution in [0.5, 0.6) is 0 Å². The second-order valence-corrected chi connectivity index (χ2v) is 5.53. The quantitative estimate of drug-likeness (QED) is 0.582. The summed E-state index contributed by atoms with van der Waals surface area (Å²) in [5, 5.41) is 12.2. The molecule has 0 spiro atoms. The van der Waals surface area contributed by atoms with Gasteiger partial charge in [-0.1, -0.05) is 19.9 Å². The van der Waals surface area contributed by atoms with Crippen molar-refractivity contribution in [3.8, 4) is 0 Å². The predicted octanol–water partition coefficient (Wildman–Crippen LogP) is 2.80. The van der Waals surface area contributed by atoms with Gasteiger partial charge in [-0.05, 0) is 30.7 Å². The van der Waals surface area contributed by atoms with Crippen LogP contribution in [-0.2, 0) is 6.54 Å². The standard InChI is InChI=1S/C13H20FNOS/c1-3-6-15-8-11-4-5-13(12(14)7-11)17-10(2)9-16/h4-5,7,10,15-16H,3,6,8-9H2,1-2H3. The van der Waals surface area contributed by atoms with E-state index >= 15 is 0 Å². The van der Waals surface area contributed by atoms with Crippen LogP contribution in [-0.4, -0.2) is 23.5 Å². The van der Waals surface area contributed by atoms with Crippen LogP contribution in [0.1, 0.15) is 25.8 Å². The summed E-state index contributed by atoms with van der Waals surface area (Å²) < 4.78 is 13.7. The molecule has 0 radical (unpaired) electrons. The van der Waals surface area contributed by atoms with Gasteiger partial charge in [-0.2, -0.15) is 0 Å². The van der Waals surface area contributed by atoms with Crippen molar-refractivity contribution in [2.45, 2.75) is 37.0 Å². The van der Waals surface area contributed by atoms with Crippen LogP contribution in [0.3, 0.4) is 0 Å². The highest BCUT2D eigenvalue weighted by Gasteiger charge is 2.08. The van der Waals surface area contributed by atoms with E-state index < -0.39 is 0 Å². The number of halogens is 1. The molecule has 0 aromatic heterocycles. The second kappa shape index (κ2) is 7.69.